The van der Waals surface area contributed by atoms with Gasteiger partial charge in [-0.15, -0.1) is 0 Å². The molecule has 1 aromatic rings. The Hall–Kier alpha value is -2.04. The number of aldehydes is 1. The van der Waals surface area contributed by atoms with E-state index in [0.717, 1.165) is 19.1 Å². The predicted molar refractivity (Wildman–Crippen MR) is 89.5 cm³/mol. The molecule has 1 atom stereocenters. The van der Waals surface area contributed by atoms with Gasteiger partial charge >= 0.3 is 0 Å². The summed E-state index contributed by atoms with van der Waals surface area (Å²) in [5.74, 6) is 1.10. The molecule has 1 unspecified atom stereocenters. The lowest BCUT2D eigenvalue weighted by Gasteiger charge is -2.36. The first-order chi connectivity index (χ1) is 11.0. The lowest BCUT2D eigenvalue weighted by atomic mass is 10.0. The maximum absolute atomic E-state index is 12.7. The van der Waals surface area contributed by atoms with Crippen molar-refractivity contribution in [1.29, 1.82) is 0 Å². The van der Waals surface area contributed by atoms with E-state index in [4.69, 9.17) is 9.47 Å². The van der Waals surface area contributed by atoms with Crippen molar-refractivity contribution in [1.82, 2.24) is 0 Å². The van der Waals surface area contributed by atoms with Crippen molar-refractivity contribution in [2.75, 3.05) is 18.1 Å². The second-order valence-electron chi connectivity index (χ2n) is 6.11. The zero-order chi connectivity index (χ0) is 17.0. The van der Waals surface area contributed by atoms with Gasteiger partial charge in [-0.25, -0.2) is 0 Å². The zero-order valence-corrected chi connectivity index (χ0v) is 14.3. The Bertz CT molecular complexity index is 583. The van der Waals surface area contributed by atoms with Crippen LogP contribution in [0.1, 0.15) is 50.9 Å². The smallest absolute Gasteiger partial charge is 0.268 e. The molecule has 23 heavy (non-hydrogen) atoms. The molecule has 1 amide bonds. The van der Waals surface area contributed by atoms with Gasteiger partial charge in [0, 0.05) is 12.1 Å². The Morgan fingerprint density at radius 2 is 2.04 bits per heavy atom. The monoisotopic (exact) mass is 319 g/mol. The summed E-state index contributed by atoms with van der Waals surface area (Å²) in [5.41, 5.74) is 1.11. The Morgan fingerprint density at radius 3 is 2.61 bits per heavy atom. The fraction of sp³-hybridized carbons (Fsp3) is 0.556. The van der Waals surface area contributed by atoms with Gasteiger partial charge < -0.3 is 14.4 Å². The minimum atomic E-state index is -0.528. The summed E-state index contributed by atoms with van der Waals surface area (Å²) >= 11 is 0. The number of nitrogens with zero attached hydrogens (tertiary/aromatic N) is 1. The highest BCUT2D eigenvalue weighted by Gasteiger charge is 2.37. The van der Waals surface area contributed by atoms with Gasteiger partial charge in [0.2, 0.25) is 0 Å². The molecule has 5 heteroatoms. The van der Waals surface area contributed by atoms with Gasteiger partial charge in [-0.1, -0.05) is 27.7 Å². The third-order valence-electron chi connectivity index (χ3n) is 3.75. The van der Waals surface area contributed by atoms with Crippen LogP contribution in [0.4, 0.5) is 5.69 Å². The number of carbonyl (C=O) groups is 2. The molecular formula is C18H25NO4. The van der Waals surface area contributed by atoms with Crippen LogP contribution in [0, 0.1) is 5.92 Å². The molecule has 1 aromatic carbocycles. The summed E-state index contributed by atoms with van der Waals surface area (Å²) in [5, 5.41) is 0. The van der Waals surface area contributed by atoms with E-state index in [1.54, 1.807) is 17.0 Å². The molecule has 5 nitrogen and oxygen atoms in total. The van der Waals surface area contributed by atoms with Crippen LogP contribution in [0.5, 0.6) is 11.5 Å². The molecule has 2 rings (SSSR count). The molecule has 1 heterocycles. The maximum atomic E-state index is 12.7. The predicted octanol–water partition coefficient (Wildman–Crippen LogP) is 3.45. The number of rotatable bonds is 7. The van der Waals surface area contributed by atoms with Gasteiger partial charge in [0.15, 0.2) is 17.6 Å². The SMILES string of the molecule is CCCOc1cc(C=O)cc2c1OC(C(C)C)C(=O)N2CCC. The first-order valence-corrected chi connectivity index (χ1v) is 8.27. The Labute approximate surface area is 137 Å². The molecule has 126 valence electrons. The number of amides is 1. The third-order valence-corrected chi connectivity index (χ3v) is 3.75. The second kappa shape index (κ2) is 7.49. The fourth-order valence-corrected chi connectivity index (χ4v) is 2.64. The summed E-state index contributed by atoms with van der Waals surface area (Å²) in [6.45, 7) is 9.08. The highest BCUT2D eigenvalue weighted by Crippen LogP contribution is 2.43. The van der Waals surface area contributed by atoms with Gasteiger partial charge in [0.1, 0.15) is 6.29 Å². The second-order valence-corrected chi connectivity index (χ2v) is 6.11. The fourth-order valence-electron chi connectivity index (χ4n) is 2.64. The number of ether oxygens (including phenoxy) is 2. The van der Waals surface area contributed by atoms with Crippen molar-refractivity contribution in [3.8, 4) is 11.5 Å². The maximum Gasteiger partial charge on any atom is 0.268 e. The van der Waals surface area contributed by atoms with Crippen LogP contribution in [-0.2, 0) is 4.79 Å². The number of hydrogen-bond donors (Lipinski definition) is 0. The van der Waals surface area contributed by atoms with Crippen molar-refractivity contribution in [2.24, 2.45) is 5.92 Å². The Kier molecular flexibility index (Phi) is 5.64. The number of benzene rings is 1. The van der Waals surface area contributed by atoms with E-state index in [2.05, 4.69) is 0 Å². The first kappa shape index (κ1) is 17.3. The van der Waals surface area contributed by atoms with Crippen LogP contribution in [0.3, 0.4) is 0 Å². The van der Waals surface area contributed by atoms with E-state index in [0.29, 0.717) is 35.9 Å². The van der Waals surface area contributed by atoms with E-state index in [1.165, 1.54) is 0 Å². The molecule has 0 spiro atoms. The van der Waals surface area contributed by atoms with Crippen molar-refractivity contribution in [3.05, 3.63) is 17.7 Å². The molecule has 0 N–H and O–H groups in total. The number of carbonyl (C=O) groups excluding carboxylic acids is 2. The lowest BCUT2D eigenvalue weighted by molar-refractivity contribution is -0.128. The molecule has 1 aliphatic rings. The Balaban J connectivity index is 2.55. The minimum Gasteiger partial charge on any atom is -0.490 e. The van der Waals surface area contributed by atoms with E-state index in [9.17, 15) is 9.59 Å². The van der Waals surface area contributed by atoms with Gasteiger partial charge in [-0.05, 0) is 30.9 Å². The van der Waals surface area contributed by atoms with Crippen molar-refractivity contribution >= 4 is 17.9 Å². The van der Waals surface area contributed by atoms with Crippen LogP contribution in [0.15, 0.2) is 12.1 Å². The standard InChI is InChI=1S/C18H25NO4/c1-5-7-19-14-9-13(11-20)10-15(22-8-6-2)17(14)23-16(12(3)4)18(19)21/h9-12,16H,5-8H2,1-4H3. The summed E-state index contributed by atoms with van der Waals surface area (Å²) in [6, 6.07) is 3.38. The molecule has 1 aliphatic heterocycles. The highest BCUT2D eigenvalue weighted by atomic mass is 16.5. The van der Waals surface area contributed by atoms with Crippen molar-refractivity contribution in [3.63, 3.8) is 0 Å². The van der Waals surface area contributed by atoms with E-state index < -0.39 is 6.10 Å². The third kappa shape index (κ3) is 3.49. The van der Waals surface area contributed by atoms with Gasteiger partial charge in [0.05, 0.1) is 12.3 Å². The van der Waals surface area contributed by atoms with E-state index in [-0.39, 0.29) is 11.8 Å². The Morgan fingerprint density at radius 1 is 1.30 bits per heavy atom. The van der Waals surface area contributed by atoms with Gasteiger partial charge in [-0.2, -0.15) is 0 Å². The average molecular weight is 319 g/mol. The molecule has 0 bridgehead atoms. The van der Waals surface area contributed by atoms with E-state index in [1.807, 2.05) is 27.7 Å². The van der Waals surface area contributed by atoms with Crippen LogP contribution < -0.4 is 14.4 Å². The summed E-state index contributed by atoms with van der Waals surface area (Å²) in [4.78, 5) is 25.7. The number of anilines is 1. The summed E-state index contributed by atoms with van der Waals surface area (Å²) in [6.07, 6.45) is 1.92. The molecular weight excluding hydrogens is 294 g/mol. The van der Waals surface area contributed by atoms with Gasteiger partial charge in [-0.3, -0.25) is 9.59 Å². The summed E-state index contributed by atoms with van der Waals surface area (Å²) in [7, 11) is 0. The molecule has 0 fully saturated rings. The lowest BCUT2D eigenvalue weighted by Crippen LogP contribution is -2.48. The summed E-state index contributed by atoms with van der Waals surface area (Å²) < 4.78 is 11.7. The first-order valence-electron chi connectivity index (χ1n) is 8.27. The largest absolute Gasteiger partial charge is 0.490 e. The number of hydrogen-bond acceptors (Lipinski definition) is 4. The van der Waals surface area contributed by atoms with E-state index >= 15 is 0 Å². The number of fused-ring (bicyclic) bond motifs is 1. The zero-order valence-electron chi connectivity index (χ0n) is 14.3. The van der Waals surface area contributed by atoms with Crippen molar-refractivity contribution < 1.29 is 19.1 Å². The van der Waals surface area contributed by atoms with Crippen LogP contribution >= 0.6 is 0 Å². The molecule has 0 saturated heterocycles. The van der Waals surface area contributed by atoms with Crippen LogP contribution in [0.25, 0.3) is 0 Å². The minimum absolute atomic E-state index is 0.0554. The van der Waals surface area contributed by atoms with Crippen LogP contribution in [-0.4, -0.2) is 31.4 Å². The van der Waals surface area contributed by atoms with Crippen molar-refractivity contribution in [2.45, 2.75) is 46.6 Å². The molecule has 0 radical (unpaired) electrons. The van der Waals surface area contributed by atoms with Crippen LogP contribution in [0.2, 0.25) is 0 Å². The molecule has 0 aromatic heterocycles. The molecule has 0 aliphatic carbocycles. The topological polar surface area (TPSA) is 55.8 Å². The quantitative estimate of drug-likeness (QED) is 0.722. The van der Waals surface area contributed by atoms with Gasteiger partial charge in [0.25, 0.3) is 5.91 Å². The highest BCUT2D eigenvalue weighted by molar-refractivity contribution is 6.01. The normalized spacial score (nSPS) is 17.0. The molecule has 0 saturated carbocycles. The average Bonchev–Trinajstić information content (AvgIpc) is 2.54.